The molecule has 0 aromatic rings. The molecule has 1 aliphatic carbocycles. The Labute approximate surface area is 159 Å². The standard InChI is InChI=1S/C20H38N4O2/c1-4-21-20(22-13-16-23(3)18-9-7-6-8-10-18)24-14-11-17(12-15-24)19(25)26-5-2/h17-18H,4-16H2,1-3H3,(H,21,22). The highest BCUT2D eigenvalue weighted by molar-refractivity contribution is 5.80. The molecule has 150 valence electrons. The van der Waals surface area contributed by atoms with Gasteiger partial charge in [-0.25, -0.2) is 0 Å². The first-order valence-corrected chi connectivity index (χ1v) is 10.6. The maximum atomic E-state index is 11.9. The Morgan fingerprint density at radius 1 is 1.15 bits per heavy atom. The number of carbonyl (C=O) groups is 1. The molecule has 0 unspecified atom stereocenters. The molecule has 6 heteroatoms. The normalized spacial score (nSPS) is 20.5. The first kappa shape index (κ1) is 21.0. The van der Waals surface area contributed by atoms with Crippen molar-refractivity contribution in [2.24, 2.45) is 10.9 Å². The minimum absolute atomic E-state index is 0.0387. The molecular formula is C20H38N4O2. The van der Waals surface area contributed by atoms with Crippen molar-refractivity contribution in [3.05, 3.63) is 0 Å². The van der Waals surface area contributed by atoms with E-state index in [1.54, 1.807) is 0 Å². The molecule has 1 saturated heterocycles. The van der Waals surface area contributed by atoms with Gasteiger partial charge < -0.3 is 19.9 Å². The van der Waals surface area contributed by atoms with Crippen molar-refractivity contribution in [2.45, 2.75) is 64.8 Å². The first-order chi connectivity index (χ1) is 12.7. The summed E-state index contributed by atoms with van der Waals surface area (Å²) in [6, 6.07) is 0.738. The summed E-state index contributed by atoms with van der Waals surface area (Å²) in [6.45, 7) is 8.89. The van der Waals surface area contributed by atoms with Gasteiger partial charge in [0.25, 0.3) is 0 Å². The van der Waals surface area contributed by atoms with Crippen molar-refractivity contribution in [1.82, 2.24) is 15.1 Å². The fourth-order valence-corrected chi connectivity index (χ4v) is 4.03. The third kappa shape index (κ3) is 6.45. The van der Waals surface area contributed by atoms with Gasteiger partial charge in [-0.1, -0.05) is 19.3 Å². The van der Waals surface area contributed by atoms with Gasteiger partial charge in [-0.15, -0.1) is 0 Å². The number of rotatable bonds is 7. The van der Waals surface area contributed by atoms with Crippen LogP contribution in [0.3, 0.4) is 0 Å². The van der Waals surface area contributed by atoms with Crippen LogP contribution in [0.15, 0.2) is 4.99 Å². The summed E-state index contributed by atoms with van der Waals surface area (Å²) < 4.78 is 5.16. The number of guanidine groups is 1. The summed E-state index contributed by atoms with van der Waals surface area (Å²) in [5, 5.41) is 3.42. The Balaban J connectivity index is 1.80. The Hall–Kier alpha value is -1.30. The van der Waals surface area contributed by atoms with Crippen LogP contribution >= 0.6 is 0 Å². The number of piperidine rings is 1. The number of nitrogens with zero attached hydrogens (tertiary/aromatic N) is 3. The maximum absolute atomic E-state index is 11.9. The predicted molar refractivity (Wildman–Crippen MR) is 106 cm³/mol. The lowest BCUT2D eigenvalue weighted by Gasteiger charge is -2.34. The van der Waals surface area contributed by atoms with Gasteiger partial charge in [-0.3, -0.25) is 9.79 Å². The van der Waals surface area contributed by atoms with Crippen LogP contribution in [-0.4, -0.2) is 74.1 Å². The molecule has 1 saturated carbocycles. The zero-order chi connectivity index (χ0) is 18.8. The molecule has 26 heavy (non-hydrogen) atoms. The van der Waals surface area contributed by atoms with Crippen LogP contribution in [0.25, 0.3) is 0 Å². The van der Waals surface area contributed by atoms with E-state index in [0.29, 0.717) is 6.61 Å². The van der Waals surface area contributed by atoms with Crippen molar-refractivity contribution >= 4 is 11.9 Å². The summed E-state index contributed by atoms with van der Waals surface area (Å²) in [5.74, 6) is 1.00. The Morgan fingerprint density at radius 3 is 2.46 bits per heavy atom. The smallest absolute Gasteiger partial charge is 0.309 e. The Kier molecular flexibility index (Phi) is 9.23. The molecule has 1 aliphatic heterocycles. The molecule has 1 heterocycles. The maximum Gasteiger partial charge on any atom is 0.309 e. The van der Waals surface area contributed by atoms with Crippen LogP contribution in [0.1, 0.15) is 58.8 Å². The first-order valence-electron chi connectivity index (χ1n) is 10.6. The van der Waals surface area contributed by atoms with E-state index in [0.717, 1.165) is 57.6 Å². The average molecular weight is 367 g/mol. The molecule has 2 rings (SSSR count). The second-order valence-electron chi connectivity index (χ2n) is 7.52. The largest absolute Gasteiger partial charge is 0.466 e. The van der Waals surface area contributed by atoms with Gasteiger partial charge >= 0.3 is 5.97 Å². The van der Waals surface area contributed by atoms with Gasteiger partial charge in [0, 0.05) is 32.2 Å². The third-order valence-corrected chi connectivity index (χ3v) is 5.66. The average Bonchev–Trinajstić information content (AvgIpc) is 2.68. The summed E-state index contributed by atoms with van der Waals surface area (Å²) in [4.78, 5) is 21.5. The third-order valence-electron chi connectivity index (χ3n) is 5.66. The lowest BCUT2D eigenvalue weighted by Crippen LogP contribution is -2.47. The molecule has 0 radical (unpaired) electrons. The number of aliphatic imine (C=N–C) groups is 1. The number of hydrogen-bond acceptors (Lipinski definition) is 4. The minimum Gasteiger partial charge on any atom is -0.466 e. The van der Waals surface area contributed by atoms with Crippen molar-refractivity contribution in [3.8, 4) is 0 Å². The number of likely N-dealkylation sites (tertiary alicyclic amines) is 1. The summed E-state index contributed by atoms with van der Waals surface area (Å²) in [5.41, 5.74) is 0. The van der Waals surface area contributed by atoms with Crippen LogP contribution in [0.4, 0.5) is 0 Å². The quantitative estimate of drug-likeness (QED) is 0.426. The van der Waals surface area contributed by atoms with E-state index in [4.69, 9.17) is 9.73 Å². The van der Waals surface area contributed by atoms with Gasteiger partial charge in [0.1, 0.15) is 0 Å². The van der Waals surface area contributed by atoms with Crippen LogP contribution in [0, 0.1) is 5.92 Å². The van der Waals surface area contributed by atoms with E-state index >= 15 is 0 Å². The molecule has 2 fully saturated rings. The number of ether oxygens (including phenoxy) is 1. The van der Waals surface area contributed by atoms with Gasteiger partial charge in [0.05, 0.1) is 19.1 Å². The highest BCUT2D eigenvalue weighted by Crippen LogP contribution is 2.21. The Morgan fingerprint density at radius 2 is 1.85 bits per heavy atom. The van der Waals surface area contributed by atoms with Crippen molar-refractivity contribution in [3.63, 3.8) is 0 Å². The van der Waals surface area contributed by atoms with Crippen LogP contribution < -0.4 is 5.32 Å². The van der Waals surface area contributed by atoms with Gasteiger partial charge in [0.2, 0.25) is 0 Å². The SMILES string of the molecule is CCNC(=NCCN(C)C1CCCCC1)N1CCC(C(=O)OCC)CC1. The highest BCUT2D eigenvalue weighted by atomic mass is 16.5. The Bertz CT molecular complexity index is 441. The minimum atomic E-state index is -0.0387. The van der Waals surface area contributed by atoms with E-state index in [-0.39, 0.29) is 11.9 Å². The number of hydrogen-bond donors (Lipinski definition) is 1. The molecule has 2 aliphatic rings. The van der Waals surface area contributed by atoms with E-state index in [1.807, 2.05) is 6.92 Å². The number of likely N-dealkylation sites (N-methyl/N-ethyl adjacent to an activating group) is 1. The predicted octanol–water partition coefficient (Wildman–Crippen LogP) is 2.49. The second-order valence-corrected chi connectivity index (χ2v) is 7.52. The van der Waals surface area contributed by atoms with E-state index in [1.165, 1.54) is 32.1 Å². The fourth-order valence-electron chi connectivity index (χ4n) is 4.03. The molecule has 0 aromatic heterocycles. The van der Waals surface area contributed by atoms with Crippen LogP contribution in [-0.2, 0) is 9.53 Å². The molecule has 1 N–H and O–H groups in total. The van der Waals surface area contributed by atoms with Crippen LogP contribution in [0.5, 0.6) is 0 Å². The van der Waals surface area contributed by atoms with Crippen molar-refractivity contribution in [1.29, 1.82) is 0 Å². The fraction of sp³-hybridized carbons (Fsp3) is 0.900. The number of esters is 1. The van der Waals surface area contributed by atoms with E-state index in [2.05, 4.69) is 29.1 Å². The van der Waals surface area contributed by atoms with Crippen LogP contribution in [0.2, 0.25) is 0 Å². The summed E-state index contributed by atoms with van der Waals surface area (Å²) >= 11 is 0. The monoisotopic (exact) mass is 366 g/mol. The van der Waals surface area contributed by atoms with Gasteiger partial charge in [0.15, 0.2) is 5.96 Å². The van der Waals surface area contributed by atoms with Crippen molar-refractivity contribution < 1.29 is 9.53 Å². The van der Waals surface area contributed by atoms with E-state index in [9.17, 15) is 4.79 Å². The molecule has 0 spiro atoms. The summed E-state index contributed by atoms with van der Waals surface area (Å²) in [7, 11) is 2.24. The van der Waals surface area contributed by atoms with Crippen molar-refractivity contribution in [2.75, 3.05) is 46.4 Å². The zero-order valence-corrected chi connectivity index (χ0v) is 17.0. The molecule has 0 aromatic carbocycles. The summed E-state index contributed by atoms with van der Waals surface area (Å²) in [6.07, 6.45) is 8.52. The number of carbonyl (C=O) groups excluding carboxylic acids is 1. The molecule has 0 amide bonds. The molecule has 0 bridgehead atoms. The molecule has 6 nitrogen and oxygen atoms in total. The van der Waals surface area contributed by atoms with Gasteiger partial charge in [-0.05, 0) is 46.6 Å². The molecular weight excluding hydrogens is 328 g/mol. The highest BCUT2D eigenvalue weighted by Gasteiger charge is 2.27. The van der Waals surface area contributed by atoms with Gasteiger partial charge in [-0.2, -0.15) is 0 Å². The topological polar surface area (TPSA) is 57.2 Å². The lowest BCUT2D eigenvalue weighted by molar-refractivity contribution is -0.149. The molecule has 0 atom stereocenters. The second kappa shape index (κ2) is 11.4. The zero-order valence-electron chi connectivity index (χ0n) is 17.0. The lowest BCUT2D eigenvalue weighted by atomic mass is 9.94. The van der Waals surface area contributed by atoms with E-state index < -0.39 is 0 Å². The number of nitrogens with one attached hydrogen (secondary N) is 1.